The third kappa shape index (κ3) is 1.62. The van der Waals surface area contributed by atoms with Gasteiger partial charge in [0, 0.05) is 14.1 Å². The fourth-order valence-electron chi connectivity index (χ4n) is 1.31. The molecule has 0 fully saturated rings. The standard InChI is InChI=1S/C11H13N3/c1-14(2)11-8-7-9-5-3-4-6-10(9)12-13-11/h3-8,12H,1-2H3. The summed E-state index contributed by atoms with van der Waals surface area (Å²) in [4.78, 5) is 1.97. The van der Waals surface area contributed by atoms with E-state index in [1.807, 2.05) is 43.3 Å². The first-order valence-electron chi connectivity index (χ1n) is 4.55. The van der Waals surface area contributed by atoms with E-state index < -0.39 is 0 Å². The van der Waals surface area contributed by atoms with Gasteiger partial charge in [0.05, 0.1) is 5.69 Å². The average Bonchev–Trinajstić information content (AvgIpc) is 2.39. The Morgan fingerprint density at radius 3 is 2.71 bits per heavy atom. The van der Waals surface area contributed by atoms with Crippen molar-refractivity contribution in [3.63, 3.8) is 0 Å². The Morgan fingerprint density at radius 1 is 1.14 bits per heavy atom. The second-order valence-corrected chi connectivity index (χ2v) is 3.40. The molecule has 3 nitrogen and oxygen atoms in total. The van der Waals surface area contributed by atoms with Gasteiger partial charge in [0.1, 0.15) is 5.84 Å². The highest BCUT2D eigenvalue weighted by Gasteiger charge is 2.04. The van der Waals surface area contributed by atoms with Crippen LogP contribution in [0.3, 0.4) is 0 Å². The largest absolute Gasteiger partial charge is 0.361 e. The molecular weight excluding hydrogens is 174 g/mol. The molecule has 14 heavy (non-hydrogen) atoms. The summed E-state index contributed by atoms with van der Waals surface area (Å²) in [5.74, 6) is 0.918. The maximum Gasteiger partial charge on any atom is 0.148 e. The first-order chi connectivity index (χ1) is 6.77. The van der Waals surface area contributed by atoms with Crippen LogP contribution in [0.5, 0.6) is 0 Å². The highest BCUT2D eigenvalue weighted by molar-refractivity contribution is 5.98. The second kappa shape index (κ2) is 3.54. The molecule has 0 radical (unpaired) electrons. The minimum absolute atomic E-state index is 0.918. The van der Waals surface area contributed by atoms with Crippen LogP contribution in [0.15, 0.2) is 35.4 Å². The summed E-state index contributed by atoms with van der Waals surface area (Å²) in [5, 5.41) is 4.27. The Bertz CT molecular complexity index is 391. The predicted octanol–water partition coefficient (Wildman–Crippen LogP) is 2.00. The molecule has 0 bridgehead atoms. The molecule has 0 saturated carbocycles. The van der Waals surface area contributed by atoms with E-state index in [4.69, 9.17) is 0 Å². The summed E-state index contributed by atoms with van der Waals surface area (Å²) in [5.41, 5.74) is 5.24. The van der Waals surface area contributed by atoms with Gasteiger partial charge in [0.15, 0.2) is 0 Å². The Morgan fingerprint density at radius 2 is 1.93 bits per heavy atom. The van der Waals surface area contributed by atoms with Crippen molar-refractivity contribution in [2.75, 3.05) is 19.5 Å². The molecule has 0 unspecified atom stereocenters. The quantitative estimate of drug-likeness (QED) is 0.672. The molecule has 0 aliphatic carbocycles. The summed E-state index contributed by atoms with van der Waals surface area (Å²) in [6, 6.07) is 8.09. The van der Waals surface area contributed by atoms with Crippen molar-refractivity contribution in [2.24, 2.45) is 5.10 Å². The van der Waals surface area contributed by atoms with Crippen LogP contribution in [0.1, 0.15) is 5.56 Å². The molecular formula is C11H13N3. The van der Waals surface area contributed by atoms with Crippen molar-refractivity contribution in [3.05, 3.63) is 35.9 Å². The summed E-state index contributed by atoms with van der Waals surface area (Å²) in [7, 11) is 3.95. The summed E-state index contributed by atoms with van der Waals surface area (Å²) >= 11 is 0. The average molecular weight is 187 g/mol. The number of amidine groups is 1. The molecule has 1 aromatic rings. The van der Waals surface area contributed by atoms with Crippen molar-refractivity contribution in [1.29, 1.82) is 0 Å². The third-order valence-electron chi connectivity index (χ3n) is 2.12. The lowest BCUT2D eigenvalue weighted by atomic mass is 10.1. The molecule has 0 amide bonds. The number of hydrazone groups is 1. The lowest BCUT2D eigenvalue weighted by molar-refractivity contribution is 0.625. The van der Waals surface area contributed by atoms with Gasteiger partial charge in [-0.05, 0) is 23.8 Å². The minimum Gasteiger partial charge on any atom is -0.361 e. The van der Waals surface area contributed by atoms with Crippen molar-refractivity contribution in [3.8, 4) is 0 Å². The van der Waals surface area contributed by atoms with Gasteiger partial charge >= 0.3 is 0 Å². The maximum absolute atomic E-state index is 4.27. The Balaban J connectivity index is 2.36. The lowest BCUT2D eigenvalue weighted by Crippen LogP contribution is -2.20. The molecule has 0 aromatic heterocycles. The number of nitrogens with zero attached hydrogens (tertiary/aromatic N) is 2. The monoisotopic (exact) mass is 187 g/mol. The summed E-state index contributed by atoms with van der Waals surface area (Å²) in [6.07, 6.45) is 4.06. The van der Waals surface area contributed by atoms with Gasteiger partial charge in [0.25, 0.3) is 0 Å². The zero-order valence-electron chi connectivity index (χ0n) is 8.36. The minimum atomic E-state index is 0.918. The van der Waals surface area contributed by atoms with Gasteiger partial charge in [-0.25, -0.2) is 0 Å². The molecule has 0 saturated heterocycles. The zero-order valence-corrected chi connectivity index (χ0v) is 8.36. The van der Waals surface area contributed by atoms with E-state index in [0.29, 0.717) is 0 Å². The summed E-state index contributed by atoms with van der Waals surface area (Å²) < 4.78 is 0. The van der Waals surface area contributed by atoms with Gasteiger partial charge in [-0.3, -0.25) is 5.43 Å². The van der Waals surface area contributed by atoms with E-state index in [1.54, 1.807) is 0 Å². The van der Waals surface area contributed by atoms with E-state index in [1.165, 1.54) is 0 Å². The zero-order chi connectivity index (χ0) is 9.97. The molecule has 1 aliphatic rings. The molecule has 2 rings (SSSR count). The van der Waals surface area contributed by atoms with Crippen LogP contribution in [0.2, 0.25) is 0 Å². The van der Waals surface area contributed by atoms with Gasteiger partial charge in [-0.15, -0.1) is 0 Å². The maximum atomic E-state index is 4.27. The van der Waals surface area contributed by atoms with Gasteiger partial charge < -0.3 is 4.90 Å². The number of hydrogen-bond donors (Lipinski definition) is 1. The Kier molecular flexibility index (Phi) is 2.23. The molecule has 0 spiro atoms. The number of benzene rings is 1. The Labute approximate surface area is 83.7 Å². The molecule has 1 aromatic carbocycles. The van der Waals surface area contributed by atoms with Crippen molar-refractivity contribution >= 4 is 17.6 Å². The molecule has 3 heteroatoms. The fourth-order valence-corrected chi connectivity index (χ4v) is 1.31. The number of para-hydroxylation sites is 1. The molecule has 1 heterocycles. The van der Waals surface area contributed by atoms with Crippen molar-refractivity contribution < 1.29 is 0 Å². The highest BCUT2D eigenvalue weighted by Crippen LogP contribution is 2.18. The van der Waals surface area contributed by atoms with Gasteiger partial charge in [0.2, 0.25) is 0 Å². The van der Waals surface area contributed by atoms with Crippen molar-refractivity contribution in [1.82, 2.24) is 4.90 Å². The van der Waals surface area contributed by atoms with E-state index in [0.717, 1.165) is 17.1 Å². The van der Waals surface area contributed by atoms with Crippen LogP contribution in [-0.2, 0) is 0 Å². The van der Waals surface area contributed by atoms with Crippen molar-refractivity contribution in [2.45, 2.75) is 0 Å². The third-order valence-corrected chi connectivity index (χ3v) is 2.12. The smallest absolute Gasteiger partial charge is 0.148 e. The normalized spacial score (nSPS) is 13.7. The molecule has 72 valence electrons. The lowest BCUT2D eigenvalue weighted by Gasteiger charge is -2.10. The van der Waals surface area contributed by atoms with E-state index in [-0.39, 0.29) is 0 Å². The topological polar surface area (TPSA) is 27.6 Å². The Hall–Kier alpha value is -1.77. The first-order valence-corrected chi connectivity index (χ1v) is 4.55. The van der Waals surface area contributed by atoms with Gasteiger partial charge in [-0.2, -0.15) is 5.10 Å². The van der Waals surface area contributed by atoms with Crippen LogP contribution in [0.4, 0.5) is 5.69 Å². The van der Waals surface area contributed by atoms with E-state index >= 15 is 0 Å². The fraction of sp³-hybridized carbons (Fsp3) is 0.182. The number of rotatable bonds is 0. The van der Waals surface area contributed by atoms with Crippen LogP contribution < -0.4 is 5.43 Å². The number of hydrogen-bond acceptors (Lipinski definition) is 3. The van der Waals surface area contributed by atoms with Crippen LogP contribution in [-0.4, -0.2) is 24.8 Å². The number of likely N-dealkylation sites (N-methyl/N-ethyl adjacent to an activating group) is 1. The number of fused-ring (bicyclic) bond motifs is 1. The van der Waals surface area contributed by atoms with Crippen LogP contribution in [0.25, 0.3) is 6.08 Å². The molecule has 1 aliphatic heterocycles. The molecule has 1 N–H and O–H groups in total. The highest BCUT2D eigenvalue weighted by atomic mass is 15.3. The van der Waals surface area contributed by atoms with E-state index in [2.05, 4.69) is 22.7 Å². The SMILES string of the molecule is CN(C)C1=NNc2ccccc2C=C1. The predicted molar refractivity (Wildman–Crippen MR) is 60.2 cm³/mol. The summed E-state index contributed by atoms with van der Waals surface area (Å²) in [6.45, 7) is 0. The van der Waals surface area contributed by atoms with Crippen LogP contribution >= 0.6 is 0 Å². The first kappa shape index (κ1) is 8.81. The second-order valence-electron chi connectivity index (χ2n) is 3.40. The van der Waals surface area contributed by atoms with E-state index in [9.17, 15) is 0 Å². The number of anilines is 1. The molecule has 0 atom stereocenters. The number of nitrogens with one attached hydrogen (secondary N) is 1. The van der Waals surface area contributed by atoms with Gasteiger partial charge in [-0.1, -0.05) is 18.2 Å². The van der Waals surface area contributed by atoms with Crippen LogP contribution in [0, 0.1) is 0 Å².